The van der Waals surface area contributed by atoms with Gasteiger partial charge in [0.2, 0.25) is 5.88 Å². The van der Waals surface area contributed by atoms with E-state index in [0.717, 1.165) is 36.5 Å². The molecule has 6 nitrogen and oxygen atoms in total. The topological polar surface area (TPSA) is 59.6 Å². The molecule has 4 rings (SSSR count). The Morgan fingerprint density at radius 1 is 0.867 bits per heavy atom. The maximum Gasteiger partial charge on any atom is 0.331 e. The molecule has 2 aromatic carbocycles. The molecule has 6 heteroatoms. The van der Waals surface area contributed by atoms with Gasteiger partial charge in [0, 0.05) is 13.1 Å². The second kappa shape index (κ2) is 9.67. The van der Waals surface area contributed by atoms with E-state index in [2.05, 4.69) is 4.90 Å². The summed E-state index contributed by atoms with van der Waals surface area (Å²) in [7, 11) is 0. The predicted molar refractivity (Wildman–Crippen MR) is 117 cm³/mol. The Morgan fingerprint density at radius 3 is 2.33 bits per heavy atom. The molecule has 1 fully saturated rings. The van der Waals surface area contributed by atoms with Gasteiger partial charge in [0.25, 0.3) is 0 Å². The molecule has 1 saturated heterocycles. The van der Waals surface area contributed by atoms with Crippen LogP contribution in [0.3, 0.4) is 0 Å². The average Bonchev–Trinajstić information content (AvgIpc) is 3.05. The molecule has 3 aromatic rings. The summed E-state index contributed by atoms with van der Waals surface area (Å²) >= 11 is 0. The van der Waals surface area contributed by atoms with Crippen molar-refractivity contribution in [1.82, 2.24) is 14.0 Å². The first-order valence-corrected chi connectivity index (χ1v) is 10.7. The quantitative estimate of drug-likeness (QED) is 0.621. The molecule has 1 aliphatic rings. The van der Waals surface area contributed by atoms with Crippen molar-refractivity contribution in [1.29, 1.82) is 0 Å². The summed E-state index contributed by atoms with van der Waals surface area (Å²) < 4.78 is 8.84. The van der Waals surface area contributed by atoms with E-state index in [0.29, 0.717) is 19.7 Å². The van der Waals surface area contributed by atoms with Gasteiger partial charge in [-0.15, -0.1) is 0 Å². The number of aromatic hydroxyl groups is 1. The average molecular weight is 408 g/mol. The molecule has 2 heterocycles. The fourth-order valence-electron chi connectivity index (χ4n) is 3.89. The zero-order chi connectivity index (χ0) is 20.8. The number of aromatic nitrogens is 2. The molecule has 1 aromatic heterocycles. The van der Waals surface area contributed by atoms with Crippen LogP contribution in [0.1, 0.15) is 30.4 Å². The van der Waals surface area contributed by atoms with E-state index < -0.39 is 0 Å². The van der Waals surface area contributed by atoms with Crippen LogP contribution in [-0.4, -0.2) is 38.8 Å². The van der Waals surface area contributed by atoms with Crippen LogP contribution in [0, 0.1) is 0 Å². The van der Waals surface area contributed by atoms with Crippen LogP contribution in [0.4, 0.5) is 0 Å². The molecular formula is C24H29N3O3. The lowest BCUT2D eigenvalue weighted by molar-refractivity contribution is 0.217. The maximum atomic E-state index is 12.7. The van der Waals surface area contributed by atoms with Crippen LogP contribution < -0.4 is 10.4 Å². The van der Waals surface area contributed by atoms with Gasteiger partial charge in [-0.2, -0.15) is 0 Å². The van der Waals surface area contributed by atoms with Gasteiger partial charge in [0.1, 0.15) is 12.4 Å². The van der Waals surface area contributed by atoms with Gasteiger partial charge in [-0.05, 0) is 49.2 Å². The van der Waals surface area contributed by atoms with Gasteiger partial charge in [0.05, 0.1) is 12.7 Å². The van der Waals surface area contributed by atoms with E-state index in [1.807, 2.05) is 54.6 Å². The van der Waals surface area contributed by atoms with Gasteiger partial charge < -0.3 is 14.7 Å². The molecule has 0 aliphatic carbocycles. The highest BCUT2D eigenvalue weighted by Crippen LogP contribution is 2.16. The monoisotopic (exact) mass is 407 g/mol. The Morgan fingerprint density at radius 2 is 1.60 bits per heavy atom. The Bertz CT molecular complexity index is 987. The first-order chi connectivity index (χ1) is 14.7. The molecule has 158 valence electrons. The van der Waals surface area contributed by atoms with Crippen molar-refractivity contribution in [2.75, 3.05) is 19.6 Å². The van der Waals surface area contributed by atoms with Gasteiger partial charge in [-0.1, -0.05) is 48.9 Å². The van der Waals surface area contributed by atoms with Crippen molar-refractivity contribution in [2.24, 2.45) is 0 Å². The third-order valence-corrected chi connectivity index (χ3v) is 5.64. The highest BCUT2D eigenvalue weighted by atomic mass is 16.5. The Kier molecular flexibility index (Phi) is 6.54. The first kappa shape index (κ1) is 20.3. The minimum atomic E-state index is -0.172. The molecule has 0 spiro atoms. The molecule has 0 saturated carbocycles. The Labute approximate surface area is 177 Å². The SMILES string of the molecule is O=c1n(Cc2ccc(OCc3ccccc3)cc2)cc(O)n1CCN1CCCCC1. The van der Waals surface area contributed by atoms with Crippen molar-refractivity contribution >= 4 is 0 Å². The molecule has 0 unspecified atom stereocenters. The summed E-state index contributed by atoms with van der Waals surface area (Å²) in [5.41, 5.74) is 1.93. The van der Waals surface area contributed by atoms with Crippen molar-refractivity contribution in [3.63, 3.8) is 0 Å². The number of piperidine rings is 1. The number of imidazole rings is 1. The van der Waals surface area contributed by atoms with E-state index in [9.17, 15) is 9.90 Å². The van der Waals surface area contributed by atoms with Crippen molar-refractivity contribution < 1.29 is 9.84 Å². The third-order valence-electron chi connectivity index (χ3n) is 5.64. The smallest absolute Gasteiger partial charge is 0.331 e. The van der Waals surface area contributed by atoms with E-state index in [1.165, 1.54) is 30.0 Å². The number of hydrogen-bond acceptors (Lipinski definition) is 4. The van der Waals surface area contributed by atoms with E-state index in [4.69, 9.17) is 4.74 Å². The summed E-state index contributed by atoms with van der Waals surface area (Å²) in [5.74, 6) is 0.816. The summed E-state index contributed by atoms with van der Waals surface area (Å²) in [5, 5.41) is 10.2. The van der Waals surface area contributed by atoms with Crippen molar-refractivity contribution in [3.8, 4) is 11.6 Å². The molecule has 30 heavy (non-hydrogen) atoms. The second-order valence-electron chi connectivity index (χ2n) is 7.87. The summed E-state index contributed by atoms with van der Waals surface area (Å²) in [6.45, 7) is 4.41. The third kappa shape index (κ3) is 5.13. The van der Waals surface area contributed by atoms with Crippen LogP contribution >= 0.6 is 0 Å². The van der Waals surface area contributed by atoms with Crippen LogP contribution in [0.15, 0.2) is 65.6 Å². The standard InChI is InChI=1S/C24H29N3O3/c28-23-18-26(24(29)27(23)16-15-25-13-5-2-6-14-25)17-20-9-11-22(12-10-20)30-19-21-7-3-1-4-8-21/h1,3-4,7-12,18,28H,2,5-6,13-17,19H2. The van der Waals surface area contributed by atoms with Crippen LogP contribution in [0.25, 0.3) is 0 Å². The predicted octanol–water partition coefficient (Wildman–Crippen LogP) is 3.47. The van der Waals surface area contributed by atoms with E-state index >= 15 is 0 Å². The normalized spacial score (nSPS) is 14.7. The first-order valence-electron chi connectivity index (χ1n) is 10.7. The zero-order valence-corrected chi connectivity index (χ0v) is 17.2. The molecule has 0 radical (unpaired) electrons. The lowest BCUT2D eigenvalue weighted by Crippen LogP contribution is -2.35. The van der Waals surface area contributed by atoms with Gasteiger partial charge in [-0.3, -0.25) is 9.13 Å². The second-order valence-corrected chi connectivity index (χ2v) is 7.87. The molecular weight excluding hydrogens is 378 g/mol. The van der Waals surface area contributed by atoms with Gasteiger partial charge >= 0.3 is 5.69 Å². The summed E-state index contributed by atoms with van der Waals surface area (Å²) in [4.78, 5) is 15.1. The van der Waals surface area contributed by atoms with Crippen LogP contribution in [0.2, 0.25) is 0 Å². The summed E-state index contributed by atoms with van der Waals surface area (Å²) in [6, 6.07) is 17.8. The molecule has 0 amide bonds. The molecule has 0 atom stereocenters. The number of rotatable bonds is 8. The number of nitrogens with zero attached hydrogens (tertiary/aromatic N) is 3. The molecule has 1 aliphatic heterocycles. The molecule has 0 bridgehead atoms. The molecule has 1 N–H and O–H groups in total. The highest BCUT2D eigenvalue weighted by Gasteiger charge is 2.14. The van der Waals surface area contributed by atoms with Crippen LogP contribution in [-0.2, 0) is 19.7 Å². The lowest BCUT2D eigenvalue weighted by Gasteiger charge is -2.26. The van der Waals surface area contributed by atoms with Gasteiger partial charge in [-0.25, -0.2) is 4.79 Å². The highest BCUT2D eigenvalue weighted by molar-refractivity contribution is 5.28. The van der Waals surface area contributed by atoms with E-state index in [-0.39, 0.29) is 11.6 Å². The lowest BCUT2D eigenvalue weighted by atomic mass is 10.1. The van der Waals surface area contributed by atoms with Gasteiger partial charge in [0.15, 0.2) is 0 Å². The minimum absolute atomic E-state index is 0.0276. The van der Waals surface area contributed by atoms with Crippen molar-refractivity contribution in [2.45, 2.75) is 39.0 Å². The number of hydrogen-bond donors (Lipinski definition) is 1. The number of likely N-dealkylation sites (tertiary alicyclic amines) is 1. The number of ether oxygens (including phenoxy) is 1. The minimum Gasteiger partial charge on any atom is -0.493 e. The zero-order valence-electron chi connectivity index (χ0n) is 17.2. The van der Waals surface area contributed by atoms with E-state index in [1.54, 1.807) is 4.57 Å². The largest absolute Gasteiger partial charge is 0.493 e. The number of benzene rings is 2. The Hall–Kier alpha value is -2.99. The fourth-order valence-corrected chi connectivity index (χ4v) is 3.89. The Balaban J connectivity index is 1.35. The van der Waals surface area contributed by atoms with Crippen molar-refractivity contribution in [3.05, 3.63) is 82.4 Å². The maximum absolute atomic E-state index is 12.7. The summed E-state index contributed by atoms with van der Waals surface area (Å²) in [6.07, 6.45) is 5.24. The van der Waals surface area contributed by atoms with Crippen LogP contribution in [0.5, 0.6) is 11.6 Å². The fraction of sp³-hybridized carbons (Fsp3) is 0.375.